The Bertz CT molecular complexity index is 432. The summed E-state index contributed by atoms with van der Waals surface area (Å²) in [5, 5.41) is 12.2. The summed E-state index contributed by atoms with van der Waals surface area (Å²) in [6.07, 6.45) is 4.02. The van der Waals surface area contributed by atoms with E-state index in [1.165, 1.54) is 4.90 Å². The fraction of sp³-hybridized carbons (Fsp3) is 0.786. The number of rotatable bonds is 3. The highest BCUT2D eigenvalue weighted by atomic mass is 16.4. The summed E-state index contributed by atoms with van der Waals surface area (Å²) in [6.45, 7) is 1.19. The van der Waals surface area contributed by atoms with E-state index < -0.39 is 11.4 Å². The van der Waals surface area contributed by atoms with E-state index in [-0.39, 0.29) is 25.0 Å². The SMILES string of the molecule is CN1CCN(C(=O)NCC2(C(=O)O)CCCCC2)CC1=O. The molecule has 3 amide bonds. The van der Waals surface area contributed by atoms with E-state index in [9.17, 15) is 19.5 Å². The summed E-state index contributed by atoms with van der Waals surface area (Å²) in [5.74, 6) is -0.932. The Balaban J connectivity index is 1.90. The predicted molar refractivity (Wildman–Crippen MR) is 75.8 cm³/mol. The summed E-state index contributed by atoms with van der Waals surface area (Å²) < 4.78 is 0. The Morgan fingerprint density at radius 2 is 1.90 bits per heavy atom. The normalized spacial score (nSPS) is 22.0. The van der Waals surface area contributed by atoms with Gasteiger partial charge in [-0.25, -0.2) is 4.79 Å². The van der Waals surface area contributed by atoms with Crippen molar-refractivity contribution in [2.24, 2.45) is 5.41 Å². The maximum Gasteiger partial charge on any atom is 0.317 e. The first kappa shape index (κ1) is 15.6. The van der Waals surface area contributed by atoms with Crippen LogP contribution in [0.25, 0.3) is 0 Å². The van der Waals surface area contributed by atoms with Crippen molar-refractivity contribution in [1.29, 1.82) is 0 Å². The molecular weight excluding hydrogens is 274 g/mol. The third kappa shape index (κ3) is 3.46. The Morgan fingerprint density at radius 1 is 1.24 bits per heavy atom. The summed E-state index contributed by atoms with van der Waals surface area (Å²) in [5.41, 5.74) is -0.843. The van der Waals surface area contributed by atoms with Gasteiger partial charge in [0.05, 0.1) is 5.41 Å². The number of carboxylic acids is 1. The number of nitrogens with one attached hydrogen (secondary N) is 1. The second-order valence-electron chi connectivity index (χ2n) is 6.04. The van der Waals surface area contributed by atoms with Crippen molar-refractivity contribution in [3.05, 3.63) is 0 Å². The van der Waals surface area contributed by atoms with E-state index in [0.29, 0.717) is 25.9 Å². The summed E-state index contributed by atoms with van der Waals surface area (Å²) in [7, 11) is 1.71. The van der Waals surface area contributed by atoms with Crippen molar-refractivity contribution in [2.45, 2.75) is 32.1 Å². The van der Waals surface area contributed by atoms with Gasteiger partial charge in [-0.15, -0.1) is 0 Å². The summed E-state index contributed by atoms with van der Waals surface area (Å²) in [6, 6.07) is -0.345. The number of amides is 3. The van der Waals surface area contributed by atoms with Crippen LogP contribution in [0.1, 0.15) is 32.1 Å². The average molecular weight is 297 g/mol. The van der Waals surface area contributed by atoms with Crippen molar-refractivity contribution in [1.82, 2.24) is 15.1 Å². The van der Waals surface area contributed by atoms with E-state index in [1.54, 1.807) is 11.9 Å². The molecule has 0 unspecified atom stereocenters. The number of urea groups is 1. The molecule has 0 aromatic carbocycles. The van der Waals surface area contributed by atoms with E-state index in [2.05, 4.69) is 5.32 Å². The van der Waals surface area contributed by atoms with Crippen LogP contribution in [0, 0.1) is 5.41 Å². The van der Waals surface area contributed by atoms with E-state index in [0.717, 1.165) is 19.3 Å². The van der Waals surface area contributed by atoms with Crippen LogP contribution in [0.15, 0.2) is 0 Å². The number of carboxylic acid groups (broad SMARTS) is 1. The number of hydrogen-bond acceptors (Lipinski definition) is 3. The largest absolute Gasteiger partial charge is 0.481 e. The van der Waals surface area contributed by atoms with Crippen molar-refractivity contribution in [2.75, 3.05) is 33.2 Å². The van der Waals surface area contributed by atoms with Gasteiger partial charge in [0, 0.05) is 26.7 Å². The van der Waals surface area contributed by atoms with Crippen LogP contribution in [0.3, 0.4) is 0 Å². The van der Waals surface area contributed by atoms with Gasteiger partial charge in [0.1, 0.15) is 6.54 Å². The summed E-state index contributed by atoms with van der Waals surface area (Å²) >= 11 is 0. The Kier molecular flexibility index (Phi) is 4.69. The fourth-order valence-electron chi connectivity index (χ4n) is 2.98. The maximum atomic E-state index is 12.1. The molecule has 2 aliphatic rings. The zero-order valence-electron chi connectivity index (χ0n) is 12.4. The maximum absolute atomic E-state index is 12.1. The van der Waals surface area contributed by atoms with Crippen molar-refractivity contribution in [3.63, 3.8) is 0 Å². The van der Waals surface area contributed by atoms with Crippen LogP contribution in [-0.2, 0) is 9.59 Å². The predicted octanol–water partition coefficient (Wildman–Crippen LogP) is 0.505. The van der Waals surface area contributed by atoms with Gasteiger partial charge < -0.3 is 20.2 Å². The molecule has 2 fully saturated rings. The molecule has 0 spiro atoms. The van der Waals surface area contributed by atoms with Gasteiger partial charge in [-0.05, 0) is 12.8 Å². The minimum Gasteiger partial charge on any atom is -0.481 e. The molecule has 0 aromatic rings. The Morgan fingerprint density at radius 3 is 2.48 bits per heavy atom. The third-order valence-electron chi connectivity index (χ3n) is 4.59. The number of piperazine rings is 1. The first-order valence-electron chi connectivity index (χ1n) is 7.45. The monoisotopic (exact) mass is 297 g/mol. The molecule has 0 radical (unpaired) electrons. The minimum atomic E-state index is -0.843. The smallest absolute Gasteiger partial charge is 0.317 e. The lowest BCUT2D eigenvalue weighted by molar-refractivity contribution is -0.150. The molecule has 0 aromatic heterocycles. The minimum absolute atomic E-state index is 0.0579. The molecule has 1 heterocycles. The number of carbonyl (C=O) groups excluding carboxylic acids is 2. The molecule has 1 aliphatic carbocycles. The second-order valence-corrected chi connectivity index (χ2v) is 6.04. The fourth-order valence-corrected chi connectivity index (χ4v) is 2.98. The van der Waals surface area contributed by atoms with Crippen LogP contribution in [-0.4, -0.2) is 66.0 Å². The number of carbonyl (C=O) groups is 3. The van der Waals surface area contributed by atoms with Crippen molar-refractivity contribution >= 4 is 17.9 Å². The highest BCUT2D eigenvalue weighted by Gasteiger charge is 2.40. The molecule has 0 bridgehead atoms. The van der Waals surface area contributed by atoms with Gasteiger partial charge >= 0.3 is 12.0 Å². The van der Waals surface area contributed by atoms with E-state index in [1.807, 2.05) is 0 Å². The number of nitrogens with zero attached hydrogens (tertiary/aromatic N) is 2. The van der Waals surface area contributed by atoms with Crippen LogP contribution in [0.4, 0.5) is 4.79 Å². The van der Waals surface area contributed by atoms with Gasteiger partial charge in [-0.2, -0.15) is 0 Å². The first-order chi connectivity index (χ1) is 9.94. The first-order valence-corrected chi connectivity index (χ1v) is 7.45. The van der Waals surface area contributed by atoms with E-state index in [4.69, 9.17) is 0 Å². The molecule has 118 valence electrons. The zero-order chi connectivity index (χ0) is 15.5. The highest BCUT2D eigenvalue weighted by molar-refractivity contribution is 5.85. The topological polar surface area (TPSA) is 89.9 Å². The average Bonchev–Trinajstić information content (AvgIpc) is 2.48. The summed E-state index contributed by atoms with van der Waals surface area (Å²) in [4.78, 5) is 38.3. The molecule has 1 saturated heterocycles. The molecule has 21 heavy (non-hydrogen) atoms. The zero-order valence-corrected chi connectivity index (χ0v) is 12.4. The van der Waals surface area contributed by atoms with Crippen molar-refractivity contribution < 1.29 is 19.5 Å². The van der Waals surface area contributed by atoms with Crippen LogP contribution >= 0.6 is 0 Å². The molecular formula is C14H23N3O4. The van der Waals surface area contributed by atoms with Gasteiger partial charge in [0.25, 0.3) is 0 Å². The quantitative estimate of drug-likeness (QED) is 0.794. The Labute approximate surface area is 124 Å². The molecule has 2 rings (SSSR count). The second kappa shape index (κ2) is 6.32. The van der Waals surface area contributed by atoms with Crippen molar-refractivity contribution in [3.8, 4) is 0 Å². The van der Waals surface area contributed by atoms with Gasteiger partial charge in [-0.1, -0.05) is 19.3 Å². The van der Waals surface area contributed by atoms with Gasteiger partial charge in [-0.3, -0.25) is 9.59 Å². The highest BCUT2D eigenvalue weighted by Crippen LogP contribution is 2.36. The lowest BCUT2D eigenvalue weighted by Crippen LogP contribution is -2.55. The number of likely N-dealkylation sites (N-methyl/N-ethyl adjacent to an activating group) is 1. The Hall–Kier alpha value is -1.79. The standard InChI is InChI=1S/C14H23N3O4/c1-16-7-8-17(9-11(16)18)13(21)15-10-14(12(19)20)5-3-2-4-6-14/h2-10H2,1H3,(H,15,21)(H,19,20). The number of aliphatic carboxylic acids is 1. The lowest BCUT2D eigenvalue weighted by Gasteiger charge is -2.35. The van der Waals surface area contributed by atoms with Gasteiger partial charge in [0.2, 0.25) is 5.91 Å². The molecule has 7 heteroatoms. The molecule has 1 aliphatic heterocycles. The third-order valence-corrected chi connectivity index (χ3v) is 4.59. The van der Waals surface area contributed by atoms with Crippen LogP contribution in [0.5, 0.6) is 0 Å². The van der Waals surface area contributed by atoms with Gasteiger partial charge in [0.15, 0.2) is 0 Å². The molecule has 0 atom stereocenters. The molecule has 1 saturated carbocycles. The molecule has 7 nitrogen and oxygen atoms in total. The lowest BCUT2D eigenvalue weighted by atomic mass is 9.74. The van der Waals surface area contributed by atoms with E-state index >= 15 is 0 Å². The number of hydrogen-bond donors (Lipinski definition) is 2. The molecule has 2 N–H and O–H groups in total. The van der Waals surface area contributed by atoms with Crippen LogP contribution in [0.2, 0.25) is 0 Å². The van der Waals surface area contributed by atoms with Crippen LogP contribution < -0.4 is 5.32 Å².